The zero-order valence-electron chi connectivity index (χ0n) is 23.9. The van der Waals surface area contributed by atoms with E-state index in [-0.39, 0.29) is 18.4 Å². The Morgan fingerprint density at radius 2 is 2.00 bits per heavy atom. The number of nitriles is 1. The molecule has 1 aromatic heterocycles. The van der Waals surface area contributed by atoms with Gasteiger partial charge in [0, 0.05) is 31.1 Å². The average Bonchev–Trinajstić information content (AvgIpc) is 3.43. The Labute approximate surface area is 242 Å². The van der Waals surface area contributed by atoms with Crippen LogP contribution >= 0.6 is 0 Å². The molecule has 0 N–H and O–H groups in total. The van der Waals surface area contributed by atoms with Crippen molar-refractivity contribution in [1.29, 1.82) is 5.26 Å². The van der Waals surface area contributed by atoms with Gasteiger partial charge < -0.3 is 19.4 Å². The van der Waals surface area contributed by atoms with Gasteiger partial charge in [-0.25, -0.2) is 0 Å². The first-order chi connectivity index (χ1) is 20.1. The molecular weight excluding hydrogens is 512 g/mol. The number of aromatic nitrogens is 2. The van der Waals surface area contributed by atoms with E-state index in [0.29, 0.717) is 38.3 Å². The minimum Gasteiger partial charge on any atom is -0.462 e. The fourth-order valence-corrected chi connectivity index (χ4v) is 6.71. The summed E-state index contributed by atoms with van der Waals surface area (Å²) in [6.45, 7) is 6.89. The van der Waals surface area contributed by atoms with Crippen molar-refractivity contribution in [3.8, 4) is 23.2 Å². The van der Waals surface area contributed by atoms with E-state index in [9.17, 15) is 10.1 Å². The maximum atomic E-state index is 12.5. The third-order valence-corrected chi connectivity index (χ3v) is 9.01. The molecule has 3 heterocycles. The molecular formula is C33H38N6O2. The Morgan fingerprint density at radius 3 is 2.80 bits per heavy atom. The molecule has 0 saturated carbocycles. The first kappa shape index (κ1) is 27.2. The highest BCUT2D eigenvalue weighted by molar-refractivity contribution is 5.93. The van der Waals surface area contributed by atoms with Crippen molar-refractivity contribution in [1.82, 2.24) is 19.8 Å². The van der Waals surface area contributed by atoms with Gasteiger partial charge in [0.05, 0.1) is 24.0 Å². The molecule has 0 bridgehead atoms. The number of carbonyl (C=O) groups is 1. The van der Waals surface area contributed by atoms with E-state index < -0.39 is 0 Å². The van der Waals surface area contributed by atoms with Crippen LogP contribution in [0.4, 0.5) is 5.82 Å². The predicted molar refractivity (Wildman–Crippen MR) is 161 cm³/mol. The maximum Gasteiger partial charge on any atom is 0.319 e. The molecule has 2 aromatic carbocycles. The van der Waals surface area contributed by atoms with Crippen LogP contribution in [0.1, 0.15) is 43.2 Å². The summed E-state index contributed by atoms with van der Waals surface area (Å²) < 4.78 is 6.27. The van der Waals surface area contributed by atoms with Crippen LogP contribution in [0.5, 0.6) is 6.01 Å². The molecule has 3 aromatic rings. The molecule has 2 fully saturated rings. The molecule has 3 aliphatic rings. The normalized spacial score (nSPS) is 21.0. The number of likely N-dealkylation sites (tertiary alicyclic amines) is 1. The van der Waals surface area contributed by atoms with Crippen molar-refractivity contribution in [3.63, 3.8) is 0 Å². The zero-order chi connectivity index (χ0) is 28.3. The van der Waals surface area contributed by atoms with E-state index >= 15 is 0 Å². The van der Waals surface area contributed by atoms with Crippen LogP contribution in [-0.4, -0.2) is 77.6 Å². The third-order valence-electron chi connectivity index (χ3n) is 9.01. The molecule has 1 aliphatic carbocycles. The van der Waals surface area contributed by atoms with Gasteiger partial charge in [-0.1, -0.05) is 30.8 Å². The monoisotopic (exact) mass is 550 g/mol. The number of aryl methyl sites for hydroxylation is 1. The van der Waals surface area contributed by atoms with Crippen molar-refractivity contribution < 1.29 is 9.53 Å². The van der Waals surface area contributed by atoms with Gasteiger partial charge in [0.2, 0.25) is 5.91 Å². The topological polar surface area (TPSA) is 85.6 Å². The standard InChI is InChI=1S/C33H38N6O2/c1-3-31(40)39-19-18-38(21-25(39)15-16-34)32-29-14-13-24(28-12-6-9-23-8-4-5-11-27(23)28)20-30(29)35-33(36-32)41-22-26-10-7-17-37(26)2/h3,6,9,12-14,20,25-26H,1,4-5,7-8,10-11,15,17-19,21-22H2,2H3. The first-order valence-electron chi connectivity index (χ1n) is 14.9. The number of hydrogen-bond acceptors (Lipinski definition) is 7. The summed E-state index contributed by atoms with van der Waals surface area (Å²) in [6, 6.07) is 15.9. The van der Waals surface area contributed by atoms with E-state index in [2.05, 4.69) is 65.9 Å². The van der Waals surface area contributed by atoms with Gasteiger partial charge in [-0.15, -0.1) is 0 Å². The lowest BCUT2D eigenvalue weighted by molar-refractivity contribution is -0.128. The molecule has 2 atom stereocenters. The summed E-state index contributed by atoms with van der Waals surface area (Å²) >= 11 is 0. The van der Waals surface area contributed by atoms with E-state index in [1.54, 1.807) is 4.90 Å². The van der Waals surface area contributed by atoms with Gasteiger partial charge in [0.1, 0.15) is 12.4 Å². The van der Waals surface area contributed by atoms with Crippen molar-refractivity contribution in [3.05, 3.63) is 60.2 Å². The molecule has 0 radical (unpaired) electrons. The number of rotatable bonds is 7. The number of nitrogens with zero attached hydrogens (tertiary/aromatic N) is 6. The van der Waals surface area contributed by atoms with Crippen LogP contribution in [-0.2, 0) is 17.6 Å². The Morgan fingerprint density at radius 1 is 1.12 bits per heavy atom. The number of amides is 1. The van der Waals surface area contributed by atoms with Crippen LogP contribution in [0.25, 0.3) is 22.0 Å². The Hall–Kier alpha value is -3.96. The minimum absolute atomic E-state index is 0.141. The molecule has 2 saturated heterocycles. The molecule has 41 heavy (non-hydrogen) atoms. The SMILES string of the molecule is C=CC(=O)N1CCN(c2nc(OCC3CCCN3C)nc3cc(-c4cccc5c4CCCC5)ccc23)CC1CC#N. The number of fused-ring (bicyclic) bond motifs is 2. The summed E-state index contributed by atoms with van der Waals surface area (Å²) in [5, 5.41) is 10.4. The number of piperazine rings is 1. The van der Waals surface area contributed by atoms with E-state index in [1.807, 2.05) is 0 Å². The van der Waals surface area contributed by atoms with Crippen LogP contribution in [0.2, 0.25) is 0 Å². The van der Waals surface area contributed by atoms with Crippen LogP contribution < -0.4 is 9.64 Å². The predicted octanol–water partition coefficient (Wildman–Crippen LogP) is 4.77. The second-order valence-electron chi connectivity index (χ2n) is 11.5. The second-order valence-corrected chi connectivity index (χ2v) is 11.5. The Kier molecular flexibility index (Phi) is 7.89. The first-order valence-corrected chi connectivity index (χ1v) is 14.9. The zero-order valence-corrected chi connectivity index (χ0v) is 23.9. The van der Waals surface area contributed by atoms with Crippen molar-refractivity contribution >= 4 is 22.6 Å². The quantitative estimate of drug-likeness (QED) is 0.392. The summed E-state index contributed by atoms with van der Waals surface area (Å²) in [4.78, 5) is 28.6. The fourth-order valence-electron chi connectivity index (χ4n) is 6.71. The minimum atomic E-state index is -0.240. The second kappa shape index (κ2) is 11.9. The number of carbonyl (C=O) groups excluding carboxylic acids is 1. The molecule has 6 rings (SSSR count). The van der Waals surface area contributed by atoms with Gasteiger partial charge in [-0.05, 0) is 92.6 Å². The molecule has 2 unspecified atom stereocenters. The summed E-state index contributed by atoms with van der Waals surface area (Å²) in [7, 11) is 2.14. The molecule has 0 spiro atoms. The largest absolute Gasteiger partial charge is 0.462 e. The Bertz CT molecular complexity index is 1500. The number of likely N-dealkylation sites (N-methyl/N-ethyl adjacent to an activating group) is 1. The van der Waals surface area contributed by atoms with Gasteiger partial charge >= 0.3 is 6.01 Å². The highest BCUT2D eigenvalue weighted by Gasteiger charge is 2.31. The molecule has 8 heteroatoms. The van der Waals surface area contributed by atoms with Crippen molar-refractivity contribution in [2.75, 3.05) is 44.7 Å². The number of ether oxygens (including phenoxy) is 1. The summed E-state index contributed by atoms with van der Waals surface area (Å²) in [6.07, 6.45) is 8.58. The van der Waals surface area contributed by atoms with Crippen LogP contribution in [0, 0.1) is 11.3 Å². The Balaban J connectivity index is 1.38. The molecule has 1 amide bonds. The van der Waals surface area contributed by atoms with Gasteiger partial charge in [-0.3, -0.25) is 4.79 Å². The van der Waals surface area contributed by atoms with E-state index in [1.165, 1.54) is 42.0 Å². The highest BCUT2D eigenvalue weighted by atomic mass is 16.5. The van der Waals surface area contributed by atoms with Gasteiger partial charge in [-0.2, -0.15) is 15.2 Å². The smallest absolute Gasteiger partial charge is 0.319 e. The highest BCUT2D eigenvalue weighted by Crippen LogP contribution is 2.35. The number of anilines is 1. The lowest BCUT2D eigenvalue weighted by atomic mass is 9.86. The lowest BCUT2D eigenvalue weighted by Crippen LogP contribution is -2.55. The van der Waals surface area contributed by atoms with Gasteiger partial charge in [0.25, 0.3) is 0 Å². The fraction of sp³-hybridized carbons (Fsp3) is 0.455. The lowest BCUT2D eigenvalue weighted by Gasteiger charge is -2.41. The average molecular weight is 551 g/mol. The van der Waals surface area contributed by atoms with Gasteiger partial charge in [0.15, 0.2) is 0 Å². The number of hydrogen-bond donors (Lipinski definition) is 0. The number of benzene rings is 2. The molecule has 8 nitrogen and oxygen atoms in total. The van der Waals surface area contributed by atoms with Crippen molar-refractivity contribution in [2.24, 2.45) is 0 Å². The van der Waals surface area contributed by atoms with E-state index in [4.69, 9.17) is 14.7 Å². The maximum absolute atomic E-state index is 12.5. The third kappa shape index (κ3) is 5.51. The molecule has 2 aliphatic heterocycles. The van der Waals surface area contributed by atoms with Crippen LogP contribution in [0.3, 0.4) is 0 Å². The van der Waals surface area contributed by atoms with E-state index in [0.717, 1.165) is 48.1 Å². The van der Waals surface area contributed by atoms with Crippen molar-refractivity contribution in [2.45, 2.75) is 57.0 Å². The summed E-state index contributed by atoms with van der Waals surface area (Å²) in [5.74, 6) is 0.651. The molecule has 212 valence electrons. The summed E-state index contributed by atoms with van der Waals surface area (Å²) in [5.41, 5.74) is 6.20. The van der Waals surface area contributed by atoms with Crippen LogP contribution in [0.15, 0.2) is 49.1 Å².